The third-order valence-corrected chi connectivity index (χ3v) is 1.72. The van der Waals surface area contributed by atoms with Crippen LogP contribution in [-0.4, -0.2) is 7.25 Å². The summed E-state index contributed by atoms with van der Waals surface area (Å²) in [6.45, 7) is 1.26. The molecule has 0 aromatic heterocycles. The zero-order chi connectivity index (χ0) is 14.6. The fraction of sp³-hybridized carbons (Fsp3) is 0.250. The van der Waals surface area contributed by atoms with E-state index in [0.717, 1.165) is 6.07 Å². The van der Waals surface area contributed by atoms with E-state index in [2.05, 4.69) is 4.98 Å². The second-order valence-corrected chi connectivity index (χ2v) is 3.04. The lowest BCUT2D eigenvalue weighted by Crippen LogP contribution is -2.06. The molecule has 0 atom stereocenters. The van der Waals surface area contributed by atoms with E-state index in [-0.39, 0.29) is 11.3 Å². The van der Waals surface area contributed by atoms with E-state index in [4.69, 9.17) is 5.39 Å². The Morgan fingerprint density at radius 3 is 1.89 bits per heavy atom. The van der Waals surface area contributed by atoms with Crippen molar-refractivity contribution >= 4 is 12.9 Å². The Hall–Kier alpha value is -1.79. The molecule has 0 aliphatic heterocycles. The van der Waals surface area contributed by atoms with Gasteiger partial charge < -0.3 is 17.3 Å². The van der Waals surface area contributed by atoms with E-state index in [9.17, 15) is 30.4 Å². The molecule has 0 bridgehead atoms. The molecular formula is C8H6BF7N2. The quantitative estimate of drug-likeness (QED) is 0.379. The number of hydrogen-bond acceptors (Lipinski definition) is 1. The Morgan fingerprint density at radius 1 is 1.11 bits per heavy atom. The highest BCUT2D eigenvalue weighted by Crippen LogP contribution is 2.35. The molecule has 0 aliphatic rings. The summed E-state index contributed by atoms with van der Waals surface area (Å²) < 4.78 is 75.7. The van der Waals surface area contributed by atoms with Gasteiger partial charge in [-0.25, -0.2) is 0 Å². The SMILES string of the molecule is Cc1c([N+]#N)cccc1C(F)(F)F.F[B-](F)(F)F. The summed E-state index contributed by atoms with van der Waals surface area (Å²) in [7, 11) is -6.00. The molecular weight excluding hydrogens is 268 g/mol. The molecule has 0 spiro atoms. The number of rotatable bonds is 0. The van der Waals surface area contributed by atoms with Gasteiger partial charge in [0.25, 0.3) is 0 Å². The van der Waals surface area contributed by atoms with Crippen LogP contribution in [0.5, 0.6) is 0 Å². The van der Waals surface area contributed by atoms with Gasteiger partial charge in [0, 0.05) is 6.07 Å². The van der Waals surface area contributed by atoms with Crippen molar-refractivity contribution in [2.45, 2.75) is 13.1 Å². The van der Waals surface area contributed by atoms with Crippen molar-refractivity contribution in [3.8, 4) is 0 Å². The minimum atomic E-state index is -6.00. The third kappa shape index (κ3) is 6.07. The molecule has 18 heavy (non-hydrogen) atoms. The van der Waals surface area contributed by atoms with Crippen molar-refractivity contribution in [1.82, 2.24) is 0 Å². The standard InChI is InChI=1S/C8H6F3N2.BF4/c1-5-6(8(9,10)11)3-2-4-7(5)13-12;2-1(3,4)5/h2-4H,1H3;/q+1;-1. The molecule has 2 nitrogen and oxygen atoms in total. The number of hydrogen-bond donors (Lipinski definition) is 0. The van der Waals surface area contributed by atoms with Crippen molar-refractivity contribution in [1.29, 1.82) is 5.39 Å². The van der Waals surface area contributed by atoms with E-state index in [1.54, 1.807) is 0 Å². The van der Waals surface area contributed by atoms with Crippen LogP contribution in [0.3, 0.4) is 0 Å². The van der Waals surface area contributed by atoms with Crippen LogP contribution in [-0.2, 0) is 6.18 Å². The van der Waals surface area contributed by atoms with Gasteiger partial charge in [0.15, 0.2) is 4.98 Å². The maximum atomic E-state index is 12.2. The van der Waals surface area contributed by atoms with Gasteiger partial charge in [-0.05, 0) is 13.0 Å². The van der Waals surface area contributed by atoms with Gasteiger partial charge in [-0.3, -0.25) is 0 Å². The molecule has 0 unspecified atom stereocenters. The fourth-order valence-electron chi connectivity index (χ4n) is 1.04. The van der Waals surface area contributed by atoms with E-state index in [1.165, 1.54) is 19.1 Å². The lowest BCUT2D eigenvalue weighted by Gasteiger charge is -2.06. The third-order valence-electron chi connectivity index (χ3n) is 1.72. The summed E-state index contributed by atoms with van der Waals surface area (Å²) in [5.41, 5.74) is -0.907. The van der Waals surface area contributed by atoms with Crippen molar-refractivity contribution in [3.63, 3.8) is 0 Å². The summed E-state index contributed by atoms with van der Waals surface area (Å²) >= 11 is 0. The van der Waals surface area contributed by atoms with E-state index >= 15 is 0 Å². The predicted molar refractivity (Wildman–Crippen MR) is 51.1 cm³/mol. The molecule has 0 radical (unpaired) electrons. The maximum Gasteiger partial charge on any atom is 0.673 e. The van der Waals surface area contributed by atoms with Crippen molar-refractivity contribution in [2.24, 2.45) is 0 Å². The molecule has 0 amide bonds. The van der Waals surface area contributed by atoms with Gasteiger partial charge in [0.05, 0.1) is 11.1 Å². The highest BCUT2D eigenvalue weighted by molar-refractivity contribution is 6.50. The Morgan fingerprint density at radius 2 is 1.56 bits per heavy atom. The van der Waals surface area contributed by atoms with Crippen LogP contribution in [0, 0.1) is 12.3 Å². The Bertz CT molecular complexity index is 440. The van der Waals surface area contributed by atoms with Crippen LogP contribution in [0.1, 0.15) is 11.1 Å². The molecule has 1 rings (SSSR count). The smallest absolute Gasteiger partial charge is 0.418 e. The summed E-state index contributed by atoms with van der Waals surface area (Å²) in [5, 5.41) is 8.37. The Balaban J connectivity index is 0.000000494. The molecule has 0 saturated heterocycles. The van der Waals surface area contributed by atoms with Gasteiger partial charge in [0.1, 0.15) is 0 Å². The molecule has 1 aromatic carbocycles. The van der Waals surface area contributed by atoms with Crippen LogP contribution in [0.4, 0.5) is 36.1 Å². The first-order valence-corrected chi connectivity index (χ1v) is 4.36. The average Bonchev–Trinajstić information content (AvgIpc) is 2.13. The molecule has 0 heterocycles. The van der Waals surface area contributed by atoms with Crippen LogP contribution in [0.25, 0.3) is 4.98 Å². The summed E-state index contributed by atoms with van der Waals surface area (Å²) in [4.78, 5) is 2.74. The van der Waals surface area contributed by atoms with Crippen LogP contribution >= 0.6 is 0 Å². The summed E-state index contributed by atoms with van der Waals surface area (Å²) in [6, 6.07) is 3.46. The Labute approximate surface area is 97.1 Å². The lowest BCUT2D eigenvalue weighted by molar-refractivity contribution is -0.138. The van der Waals surface area contributed by atoms with E-state index in [0.29, 0.717) is 0 Å². The number of diazo groups is 1. The van der Waals surface area contributed by atoms with Crippen molar-refractivity contribution in [3.05, 3.63) is 34.3 Å². The molecule has 100 valence electrons. The molecule has 10 heteroatoms. The first-order valence-electron chi connectivity index (χ1n) is 4.36. The summed E-state index contributed by atoms with van der Waals surface area (Å²) in [5.74, 6) is 0. The van der Waals surface area contributed by atoms with Gasteiger partial charge in [-0.15, -0.1) is 0 Å². The van der Waals surface area contributed by atoms with Gasteiger partial charge in [-0.1, -0.05) is 6.07 Å². The Kier molecular flexibility index (Phi) is 5.14. The van der Waals surface area contributed by atoms with E-state index in [1.807, 2.05) is 0 Å². The normalized spacial score (nSPS) is 11.3. The maximum absolute atomic E-state index is 12.2. The summed E-state index contributed by atoms with van der Waals surface area (Å²) in [6.07, 6.45) is -4.40. The van der Waals surface area contributed by atoms with Crippen molar-refractivity contribution < 1.29 is 30.4 Å². The number of alkyl halides is 3. The lowest BCUT2D eigenvalue weighted by atomic mass is 10.1. The molecule has 1 aromatic rings. The van der Waals surface area contributed by atoms with Crippen LogP contribution < -0.4 is 0 Å². The van der Waals surface area contributed by atoms with Crippen molar-refractivity contribution in [2.75, 3.05) is 0 Å². The molecule has 0 fully saturated rings. The average molecular weight is 274 g/mol. The monoisotopic (exact) mass is 274 g/mol. The largest absolute Gasteiger partial charge is 0.673 e. The van der Waals surface area contributed by atoms with E-state index < -0.39 is 19.0 Å². The predicted octanol–water partition coefficient (Wildman–Crippen LogP) is 4.80. The zero-order valence-electron chi connectivity index (χ0n) is 8.85. The highest BCUT2D eigenvalue weighted by Gasteiger charge is 2.35. The molecule has 0 aliphatic carbocycles. The topological polar surface area (TPSA) is 28.1 Å². The number of halogens is 7. The van der Waals surface area contributed by atoms with Crippen LogP contribution in [0.15, 0.2) is 18.2 Å². The minimum absolute atomic E-state index is 0.0603. The minimum Gasteiger partial charge on any atom is -0.418 e. The highest BCUT2D eigenvalue weighted by atomic mass is 19.5. The first-order chi connectivity index (χ1) is 7.96. The fourth-order valence-corrected chi connectivity index (χ4v) is 1.04. The number of nitrogens with zero attached hydrogens (tertiary/aromatic N) is 2. The van der Waals surface area contributed by atoms with Crippen LogP contribution in [0.2, 0.25) is 0 Å². The molecule has 0 saturated carbocycles. The molecule has 0 N–H and O–H groups in total. The van der Waals surface area contributed by atoms with Gasteiger partial charge >= 0.3 is 19.1 Å². The number of benzene rings is 1. The van der Waals surface area contributed by atoms with Gasteiger partial charge in [-0.2, -0.15) is 13.2 Å². The van der Waals surface area contributed by atoms with Gasteiger partial charge in [0.2, 0.25) is 5.39 Å². The zero-order valence-corrected chi connectivity index (χ0v) is 8.85. The second-order valence-electron chi connectivity index (χ2n) is 3.04. The second kappa shape index (κ2) is 5.70. The first kappa shape index (κ1) is 16.2.